The standard InChI is InChI=1S/C24H34O5S2/c25-30(26,23-17-11-9-12-18-23)22-16-8-6-4-2-1-3-5-7-15-21-29-31(27,28)24-19-13-10-14-20-24/h9-14,17-20H,1-8,15-16,21-22H2. The van der Waals surface area contributed by atoms with Crippen LogP contribution in [0.25, 0.3) is 0 Å². The summed E-state index contributed by atoms with van der Waals surface area (Å²) < 4.78 is 53.4. The predicted octanol–water partition coefficient (Wildman–Crippen LogP) is 5.77. The van der Waals surface area contributed by atoms with Gasteiger partial charge in [-0.25, -0.2) is 8.42 Å². The maximum Gasteiger partial charge on any atom is 0.296 e. The molecule has 0 aliphatic heterocycles. The average molecular weight is 467 g/mol. The molecule has 0 radical (unpaired) electrons. The molecule has 0 aromatic heterocycles. The summed E-state index contributed by atoms with van der Waals surface area (Å²) in [6.07, 6.45) is 10.1. The van der Waals surface area contributed by atoms with Gasteiger partial charge in [-0.1, -0.05) is 87.8 Å². The van der Waals surface area contributed by atoms with Gasteiger partial charge >= 0.3 is 0 Å². The van der Waals surface area contributed by atoms with Crippen LogP contribution in [0.5, 0.6) is 0 Å². The third kappa shape index (κ3) is 9.97. The van der Waals surface area contributed by atoms with Gasteiger partial charge in [0.25, 0.3) is 10.1 Å². The van der Waals surface area contributed by atoms with Crippen LogP contribution in [0.4, 0.5) is 0 Å². The predicted molar refractivity (Wildman–Crippen MR) is 124 cm³/mol. The van der Waals surface area contributed by atoms with Gasteiger partial charge in [-0.3, -0.25) is 4.18 Å². The molecule has 7 heteroatoms. The van der Waals surface area contributed by atoms with E-state index in [-0.39, 0.29) is 17.3 Å². The largest absolute Gasteiger partial charge is 0.296 e. The molecule has 0 bridgehead atoms. The molecule has 172 valence electrons. The van der Waals surface area contributed by atoms with Crippen molar-refractivity contribution < 1.29 is 21.0 Å². The highest BCUT2D eigenvalue weighted by molar-refractivity contribution is 7.91. The summed E-state index contributed by atoms with van der Waals surface area (Å²) in [6.45, 7) is 0.225. The molecule has 0 aliphatic rings. The van der Waals surface area contributed by atoms with Gasteiger partial charge in [-0.15, -0.1) is 0 Å². The monoisotopic (exact) mass is 466 g/mol. The van der Waals surface area contributed by atoms with Crippen LogP contribution in [-0.2, 0) is 24.1 Å². The van der Waals surface area contributed by atoms with Crippen LogP contribution in [0, 0.1) is 0 Å². The minimum atomic E-state index is -3.64. The SMILES string of the molecule is O=S(=O)(CCCCCCCCCCCCOS(=O)(=O)c1ccccc1)c1ccccc1. The van der Waals surface area contributed by atoms with Crippen molar-refractivity contribution in [2.24, 2.45) is 0 Å². The smallest absolute Gasteiger partial charge is 0.266 e. The lowest BCUT2D eigenvalue weighted by atomic mass is 10.1. The van der Waals surface area contributed by atoms with Crippen LogP contribution < -0.4 is 0 Å². The fourth-order valence-electron chi connectivity index (χ4n) is 3.38. The second kappa shape index (κ2) is 13.7. The third-order valence-electron chi connectivity index (χ3n) is 5.18. The molecule has 31 heavy (non-hydrogen) atoms. The maximum atomic E-state index is 12.2. The molecule has 2 aromatic rings. The number of benzene rings is 2. The highest BCUT2D eigenvalue weighted by Crippen LogP contribution is 2.15. The molecule has 5 nitrogen and oxygen atoms in total. The second-order valence-electron chi connectivity index (χ2n) is 7.76. The Bertz CT molecular complexity index is 860. The molecular formula is C24H34O5S2. The van der Waals surface area contributed by atoms with Crippen molar-refractivity contribution in [2.75, 3.05) is 12.4 Å². The molecule has 0 atom stereocenters. The highest BCUT2D eigenvalue weighted by atomic mass is 32.2. The first-order valence-corrected chi connectivity index (χ1v) is 14.2. The molecule has 0 saturated heterocycles. The summed E-state index contributed by atoms with van der Waals surface area (Å²) in [4.78, 5) is 0.616. The third-order valence-corrected chi connectivity index (χ3v) is 8.32. The van der Waals surface area contributed by atoms with E-state index in [1.165, 1.54) is 12.1 Å². The first-order valence-electron chi connectivity index (χ1n) is 11.1. The van der Waals surface area contributed by atoms with Gasteiger partial charge in [0.15, 0.2) is 9.84 Å². The summed E-state index contributed by atoms with van der Waals surface area (Å²) in [5.74, 6) is 0.221. The number of hydrogen-bond acceptors (Lipinski definition) is 5. The summed E-state index contributed by atoms with van der Waals surface area (Å²) in [6, 6.07) is 16.9. The minimum Gasteiger partial charge on any atom is -0.266 e. The van der Waals surface area contributed by atoms with Crippen molar-refractivity contribution in [3.05, 3.63) is 60.7 Å². The number of rotatable bonds is 16. The van der Waals surface area contributed by atoms with Gasteiger partial charge in [0.1, 0.15) is 0 Å². The van der Waals surface area contributed by atoms with Crippen LogP contribution in [-0.4, -0.2) is 29.2 Å². The number of hydrogen-bond donors (Lipinski definition) is 0. The quantitative estimate of drug-likeness (QED) is 0.232. The Morgan fingerprint density at radius 1 is 0.516 bits per heavy atom. The van der Waals surface area contributed by atoms with Crippen molar-refractivity contribution >= 4 is 20.0 Å². The van der Waals surface area contributed by atoms with E-state index < -0.39 is 20.0 Å². The number of sulfone groups is 1. The first-order chi connectivity index (χ1) is 14.9. The zero-order valence-electron chi connectivity index (χ0n) is 18.1. The summed E-state index contributed by atoms with van der Waals surface area (Å²) in [5, 5.41) is 0. The van der Waals surface area contributed by atoms with E-state index in [4.69, 9.17) is 4.18 Å². The molecule has 0 aliphatic carbocycles. The highest BCUT2D eigenvalue weighted by Gasteiger charge is 2.14. The maximum absolute atomic E-state index is 12.2. The van der Waals surface area contributed by atoms with Gasteiger partial charge in [0.05, 0.1) is 22.2 Å². The lowest BCUT2D eigenvalue weighted by molar-refractivity contribution is 0.306. The first kappa shape index (κ1) is 25.6. The van der Waals surface area contributed by atoms with Gasteiger partial charge in [-0.2, -0.15) is 8.42 Å². The fourth-order valence-corrected chi connectivity index (χ4v) is 5.73. The Morgan fingerprint density at radius 2 is 0.935 bits per heavy atom. The van der Waals surface area contributed by atoms with Crippen molar-refractivity contribution in [1.82, 2.24) is 0 Å². The molecular weight excluding hydrogens is 432 g/mol. The van der Waals surface area contributed by atoms with E-state index in [0.29, 0.717) is 11.3 Å². The normalized spacial score (nSPS) is 12.1. The van der Waals surface area contributed by atoms with E-state index in [0.717, 1.165) is 57.8 Å². The van der Waals surface area contributed by atoms with Crippen molar-refractivity contribution in [2.45, 2.75) is 74.0 Å². The van der Waals surface area contributed by atoms with Crippen molar-refractivity contribution in [3.8, 4) is 0 Å². The molecule has 0 fully saturated rings. The molecule has 2 rings (SSSR count). The van der Waals surface area contributed by atoms with Crippen LogP contribution >= 0.6 is 0 Å². The van der Waals surface area contributed by atoms with Crippen LogP contribution in [0.3, 0.4) is 0 Å². The van der Waals surface area contributed by atoms with Gasteiger partial charge in [-0.05, 0) is 37.1 Å². The van der Waals surface area contributed by atoms with Crippen molar-refractivity contribution in [1.29, 1.82) is 0 Å². The van der Waals surface area contributed by atoms with Gasteiger partial charge in [0, 0.05) is 0 Å². The minimum absolute atomic E-state index is 0.202. The van der Waals surface area contributed by atoms with Crippen LogP contribution in [0.2, 0.25) is 0 Å². The van der Waals surface area contributed by atoms with E-state index in [1.54, 1.807) is 42.5 Å². The Morgan fingerprint density at radius 3 is 1.45 bits per heavy atom. The van der Waals surface area contributed by atoms with E-state index in [9.17, 15) is 16.8 Å². The number of unbranched alkanes of at least 4 members (excludes halogenated alkanes) is 9. The molecule has 2 aromatic carbocycles. The molecule has 0 heterocycles. The van der Waals surface area contributed by atoms with E-state index >= 15 is 0 Å². The van der Waals surface area contributed by atoms with E-state index in [1.807, 2.05) is 6.07 Å². The Kier molecular flexibility index (Phi) is 11.3. The fraction of sp³-hybridized carbons (Fsp3) is 0.500. The summed E-state index contributed by atoms with van der Waals surface area (Å²) >= 11 is 0. The molecule has 0 amide bonds. The zero-order valence-corrected chi connectivity index (χ0v) is 19.7. The van der Waals surface area contributed by atoms with Crippen LogP contribution in [0.15, 0.2) is 70.5 Å². The molecule has 0 unspecified atom stereocenters. The van der Waals surface area contributed by atoms with E-state index in [2.05, 4.69) is 0 Å². The Balaban J connectivity index is 1.42. The zero-order chi connectivity index (χ0) is 22.4. The Labute approximate surface area is 187 Å². The van der Waals surface area contributed by atoms with Gasteiger partial charge in [0.2, 0.25) is 0 Å². The van der Waals surface area contributed by atoms with Crippen molar-refractivity contribution in [3.63, 3.8) is 0 Å². The lowest BCUT2D eigenvalue weighted by Crippen LogP contribution is -2.07. The second-order valence-corrected chi connectivity index (χ2v) is 11.5. The average Bonchev–Trinajstić information content (AvgIpc) is 2.78. The lowest BCUT2D eigenvalue weighted by Gasteiger charge is -2.06. The topological polar surface area (TPSA) is 77.5 Å². The molecule has 0 N–H and O–H groups in total. The molecule has 0 spiro atoms. The summed E-state index contributed by atoms with van der Waals surface area (Å²) in [7, 11) is -6.78. The van der Waals surface area contributed by atoms with Crippen LogP contribution in [0.1, 0.15) is 64.2 Å². The van der Waals surface area contributed by atoms with Gasteiger partial charge < -0.3 is 0 Å². The Hall–Kier alpha value is -1.70. The summed E-state index contributed by atoms with van der Waals surface area (Å²) in [5.41, 5.74) is 0. The molecule has 0 saturated carbocycles.